The van der Waals surface area contributed by atoms with Crippen LogP contribution in [-0.4, -0.2) is 36.3 Å². The Balaban J connectivity index is 2.09. The second kappa shape index (κ2) is 3.92. The molecule has 1 aromatic rings. The minimum Gasteiger partial charge on any atom is -0.448 e. The number of aromatic nitrogens is 1. The van der Waals surface area contributed by atoms with Gasteiger partial charge in [-0.15, -0.1) is 0 Å². The number of hydrogen-bond donors (Lipinski definition) is 0. The molecule has 1 unspecified atom stereocenters. The second-order valence-electron chi connectivity index (χ2n) is 3.83. The number of aldehydes is 1. The summed E-state index contributed by atoms with van der Waals surface area (Å²) < 4.78 is 5.27. The minimum atomic E-state index is 0.349. The van der Waals surface area contributed by atoms with Gasteiger partial charge in [-0.05, 0) is 26.4 Å². The lowest BCUT2D eigenvalue weighted by atomic mass is 9.98. The maximum atomic E-state index is 10.4. The fourth-order valence-corrected chi connectivity index (χ4v) is 1.91. The van der Waals surface area contributed by atoms with Gasteiger partial charge in [-0.25, -0.2) is 4.98 Å². The number of carbonyl (C=O) groups excluding carboxylic acids is 1. The molecule has 0 aliphatic carbocycles. The molecule has 0 bridgehead atoms. The zero-order valence-corrected chi connectivity index (χ0v) is 8.27. The van der Waals surface area contributed by atoms with Gasteiger partial charge in [-0.1, -0.05) is 0 Å². The summed E-state index contributed by atoms with van der Waals surface area (Å²) in [6, 6.07) is 0. The molecule has 1 aliphatic heterocycles. The highest BCUT2D eigenvalue weighted by Gasteiger charge is 2.22. The van der Waals surface area contributed by atoms with Crippen LogP contribution in [0.1, 0.15) is 35.1 Å². The van der Waals surface area contributed by atoms with Crippen LogP contribution in [0.5, 0.6) is 0 Å². The molecule has 1 aromatic heterocycles. The molecule has 14 heavy (non-hydrogen) atoms. The summed E-state index contributed by atoms with van der Waals surface area (Å²) in [7, 11) is 2.09. The molecule has 76 valence electrons. The SMILES string of the molecule is CN1CCCC(c2nc(C=O)co2)C1. The molecule has 1 atom stereocenters. The van der Waals surface area contributed by atoms with Gasteiger partial charge < -0.3 is 9.32 Å². The lowest BCUT2D eigenvalue weighted by molar-refractivity contribution is 0.111. The molecule has 1 saturated heterocycles. The summed E-state index contributed by atoms with van der Waals surface area (Å²) in [5.74, 6) is 1.06. The molecule has 1 aliphatic rings. The smallest absolute Gasteiger partial charge is 0.199 e. The van der Waals surface area contributed by atoms with Gasteiger partial charge in [0.05, 0.1) is 0 Å². The molecule has 0 spiro atoms. The van der Waals surface area contributed by atoms with Crippen LogP contribution in [0.4, 0.5) is 0 Å². The largest absolute Gasteiger partial charge is 0.448 e. The highest BCUT2D eigenvalue weighted by Crippen LogP contribution is 2.25. The molecule has 4 heteroatoms. The van der Waals surface area contributed by atoms with Crippen molar-refractivity contribution in [3.05, 3.63) is 17.8 Å². The van der Waals surface area contributed by atoms with Gasteiger partial charge in [0.1, 0.15) is 12.0 Å². The number of hydrogen-bond acceptors (Lipinski definition) is 4. The third kappa shape index (κ3) is 1.85. The van der Waals surface area contributed by atoms with Crippen LogP contribution in [0.15, 0.2) is 10.7 Å². The van der Waals surface area contributed by atoms with Gasteiger partial charge in [-0.2, -0.15) is 0 Å². The second-order valence-corrected chi connectivity index (χ2v) is 3.83. The Labute approximate surface area is 82.9 Å². The summed E-state index contributed by atoms with van der Waals surface area (Å²) in [5, 5.41) is 0. The van der Waals surface area contributed by atoms with Crippen molar-refractivity contribution in [2.45, 2.75) is 18.8 Å². The van der Waals surface area contributed by atoms with Gasteiger partial charge in [0, 0.05) is 12.5 Å². The highest BCUT2D eigenvalue weighted by molar-refractivity contribution is 5.70. The first-order valence-corrected chi connectivity index (χ1v) is 4.88. The molecule has 0 aromatic carbocycles. The van der Waals surface area contributed by atoms with E-state index in [0.717, 1.165) is 25.8 Å². The van der Waals surface area contributed by atoms with E-state index >= 15 is 0 Å². The molecule has 0 saturated carbocycles. The van der Waals surface area contributed by atoms with Crippen molar-refractivity contribution >= 4 is 6.29 Å². The van der Waals surface area contributed by atoms with E-state index in [0.29, 0.717) is 17.5 Å². The molecule has 1 fully saturated rings. The highest BCUT2D eigenvalue weighted by atomic mass is 16.3. The number of piperidine rings is 1. The fourth-order valence-electron chi connectivity index (χ4n) is 1.91. The number of likely N-dealkylation sites (tertiary alicyclic amines) is 1. The standard InChI is InChI=1S/C10H14N2O2/c1-12-4-2-3-8(5-12)10-11-9(6-13)7-14-10/h6-8H,2-5H2,1H3. The van der Waals surface area contributed by atoms with Crippen LogP contribution in [0, 0.1) is 0 Å². The van der Waals surface area contributed by atoms with Crippen molar-refractivity contribution in [3.63, 3.8) is 0 Å². The quantitative estimate of drug-likeness (QED) is 0.666. The van der Waals surface area contributed by atoms with Crippen LogP contribution < -0.4 is 0 Å². The third-order valence-corrected chi connectivity index (χ3v) is 2.63. The summed E-state index contributed by atoms with van der Waals surface area (Å²) >= 11 is 0. The normalized spacial score (nSPS) is 23.6. The average Bonchev–Trinajstić information content (AvgIpc) is 2.66. The van der Waals surface area contributed by atoms with E-state index < -0.39 is 0 Å². The van der Waals surface area contributed by atoms with Gasteiger partial charge in [0.25, 0.3) is 0 Å². The average molecular weight is 194 g/mol. The molecule has 2 heterocycles. The first-order valence-electron chi connectivity index (χ1n) is 4.88. The van der Waals surface area contributed by atoms with Crippen LogP contribution in [0.25, 0.3) is 0 Å². The lowest BCUT2D eigenvalue weighted by Gasteiger charge is -2.27. The Morgan fingerprint density at radius 1 is 1.71 bits per heavy atom. The maximum absolute atomic E-state index is 10.4. The first kappa shape index (κ1) is 9.40. The third-order valence-electron chi connectivity index (χ3n) is 2.63. The van der Waals surface area contributed by atoms with Crippen molar-refractivity contribution in [1.29, 1.82) is 0 Å². The zero-order valence-electron chi connectivity index (χ0n) is 8.27. The Hall–Kier alpha value is -1.16. The van der Waals surface area contributed by atoms with E-state index in [2.05, 4.69) is 16.9 Å². The van der Waals surface area contributed by atoms with Crippen LogP contribution in [-0.2, 0) is 0 Å². The van der Waals surface area contributed by atoms with Crippen molar-refractivity contribution in [2.75, 3.05) is 20.1 Å². The van der Waals surface area contributed by atoms with E-state index in [1.807, 2.05) is 0 Å². The van der Waals surface area contributed by atoms with E-state index in [-0.39, 0.29) is 0 Å². The van der Waals surface area contributed by atoms with Crippen LogP contribution >= 0.6 is 0 Å². The monoisotopic (exact) mass is 194 g/mol. The van der Waals surface area contributed by atoms with Crippen LogP contribution in [0.2, 0.25) is 0 Å². The summed E-state index contributed by atoms with van der Waals surface area (Å²) in [6.07, 6.45) is 4.42. The Kier molecular flexibility index (Phi) is 2.63. The molecule has 2 rings (SSSR count). The Morgan fingerprint density at radius 2 is 2.57 bits per heavy atom. The number of nitrogens with zero attached hydrogens (tertiary/aromatic N) is 2. The van der Waals surface area contributed by atoms with E-state index in [4.69, 9.17) is 4.42 Å². The van der Waals surface area contributed by atoms with Crippen molar-refractivity contribution in [1.82, 2.24) is 9.88 Å². The topological polar surface area (TPSA) is 46.3 Å². The maximum Gasteiger partial charge on any atom is 0.199 e. The van der Waals surface area contributed by atoms with Gasteiger partial charge >= 0.3 is 0 Å². The van der Waals surface area contributed by atoms with Crippen molar-refractivity contribution in [2.24, 2.45) is 0 Å². The predicted molar refractivity (Wildman–Crippen MR) is 51.4 cm³/mol. The first-order chi connectivity index (χ1) is 6.79. The summed E-state index contributed by atoms with van der Waals surface area (Å²) in [4.78, 5) is 16.8. The Bertz CT molecular complexity index is 322. The van der Waals surface area contributed by atoms with E-state index in [1.165, 1.54) is 12.7 Å². The minimum absolute atomic E-state index is 0.349. The lowest BCUT2D eigenvalue weighted by Crippen LogP contribution is -2.30. The molecular weight excluding hydrogens is 180 g/mol. The van der Waals surface area contributed by atoms with Gasteiger partial charge in [-0.3, -0.25) is 4.79 Å². The van der Waals surface area contributed by atoms with Crippen LogP contribution in [0.3, 0.4) is 0 Å². The molecule has 0 N–H and O–H groups in total. The van der Waals surface area contributed by atoms with Crippen molar-refractivity contribution < 1.29 is 9.21 Å². The molecule has 0 radical (unpaired) electrons. The summed E-state index contributed by atoms with van der Waals surface area (Å²) in [6.45, 7) is 2.11. The molecule has 0 amide bonds. The van der Waals surface area contributed by atoms with E-state index in [9.17, 15) is 4.79 Å². The fraction of sp³-hybridized carbons (Fsp3) is 0.600. The molecular formula is C10H14N2O2. The number of oxazole rings is 1. The summed E-state index contributed by atoms with van der Waals surface area (Å²) in [5.41, 5.74) is 0.397. The number of likely N-dealkylation sites (N-methyl/N-ethyl adjacent to an activating group) is 1. The zero-order chi connectivity index (χ0) is 9.97. The molecule has 4 nitrogen and oxygen atoms in total. The predicted octanol–water partition coefficient (Wildman–Crippen LogP) is 1.30. The van der Waals surface area contributed by atoms with E-state index in [1.54, 1.807) is 0 Å². The van der Waals surface area contributed by atoms with Gasteiger partial charge in [0.2, 0.25) is 0 Å². The van der Waals surface area contributed by atoms with Gasteiger partial charge in [0.15, 0.2) is 12.2 Å². The Morgan fingerprint density at radius 3 is 3.21 bits per heavy atom. The van der Waals surface area contributed by atoms with Crippen molar-refractivity contribution in [3.8, 4) is 0 Å². The number of rotatable bonds is 2. The number of carbonyl (C=O) groups is 1.